The molecule has 2 unspecified atom stereocenters. The van der Waals surface area contributed by atoms with E-state index >= 15 is 0 Å². The average Bonchev–Trinajstić information content (AvgIpc) is 2.07. The quantitative estimate of drug-likeness (QED) is 0.664. The van der Waals surface area contributed by atoms with Crippen LogP contribution in [-0.4, -0.2) is 64.4 Å². The summed E-state index contributed by atoms with van der Waals surface area (Å²) in [5, 5.41) is 18.0. The van der Waals surface area contributed by atoms with E-state index in [1.54, 1.807) is 6.92 Å². The van der Waals surface area contributed by atoms with Gasteiger partial charge in [0.1, 0.15) is 0 Å². The molecular formula is C9H18N2O3. The van der Waals surface area contributed by atoms with Gasteiger partial charge in [0.25, 0.3) is 0 Å². The number of rotatable bonds is 2. The lowest BCUT2D eigenvalue weighted by Crippen LogP contribution is -2.54. The number of carboxylic acid groups (broad SMARTS) is 1. The number of aliphatic hydroxyl groups is 1. The third-order valence-electron chi connectivity index (χ3n) is 2.53. The number of aliphatic hydroxyl groups excluding tert-OH is 1. The molecule has 0 bridgehead atoms. The highest BCUT2D eigenvalue weighted by Gasteiger charge is 2.26. The van der Waals surface area contributed by atoms with Gasteiger partial charge in [-0.1, -0.05) is 0 Å². The Kier molecular flexibility index (Phi) is 3.71. The van der Waals surface area contributed by atoms with E-state index in [9.17, 15) is 9.90 Å². The van der Waals surface area contributed by atoms with Crippen LogP contribution in [0.15, 0.2) is 0 Å². The Labute approximate surface area is 83.9 Å². The molecule has 5 nitrogen and oxygen atoms in total. The van der Waals surface area contributed by atoms with Gasteiger partial charge in [-0.15, -0.1) is 0 Å². The van der Waals surface area contributed by atoms with Crippen molar-refractivity contribution in [3.05, 3.63) is 0 Å². The fourth-order valence-electron chi connectivity index (χ4n) is 1.78. The molecule has 0 aromatic carbocycles. The second-order valence-corrected chi connectivity index (χ2v) is 3.92. The van der Waals surface area contributed by atoms with Crippen LogP contribution in [0.4, 0.5) is 4.79 Å². The third-order valence-corrected chi connectivity index (χ3v) is 2.53. The molecule has 0 saturated carbocycles. The van der Waals surface area contributed by atoms with E-state index < -0.39 is 6.09 Å². The van der Waals surface area contributed by atoms with Crippen molar-refractivity contribution in [3.63, 3.8) is 0 Å². The van der Waals surface area contributed by atoms with Crippen LogP contribution in [0.2, 0.25) is 0 Å². The molecule has 0 aromatic heterocycles. The van der Waals surface area contributed by atoms with E-state index in [1.165, 1.54) is 4.90 Å². The lowest BCUT2D eigenvalue weighted by molar-refractivity contribution is 0.0457. The van der Waals surface area contributed by atoms with Crippen LogP contribution in [0.1, 0.15) is 13.8 Å². The smallest absolute Gasteiger partial charge is 0.407 e. The summed E-state index contributed by atoms with van der Waals surface area (Å²) in [6.45, 7) is 6.12. The average molecular weight is 202 g/mol. The monoisotopic (exact) mass is 202 g/mol. The third kappa shape index (κ3) is 2.85. The molecule has 0 aliphatic carbocycles. The van der Waals surface area contributed by atoms with Crippen molar-refractivity contribution in [1.82, 2.24) is 9.80 Å². The zero-order valence-electron chi connectivity index (χ0n) is 8.68. The Morgan fingerprint density at radius 2 is 2.21 bits per heavy atom. The maximum Gasteiger partial charge on any atom is 0.407 e. The first kappa shape index (κ1) is 11.3. The fourth-order valence-corrected chi connectivity index (χ4v) is 1.78. The molecule has 1 heterocycles. The van der Waals surface area contributed by atoms with Crippen molar-refractivity contribution in [2.45, 2.75) is 26.0 Å². The summed E-state index contributed by atoms with van der Waals surface area (Å²) in [5.41, 5.74) is 0. The number of β-amino-alcohol motifs (C(OH)–C–C–N with tert-alkyl or cyclic N) is 1. The Hall–Kier alpha value is -0.810. The first-order valence-electron chi connectivity index (χ1n) is 4.90. The van der Waals surface area contributed by atoms with Gasteiger partial charge < -0.3 is 15.1 Å². The summed E-state index contributed by atoms with van der Waals surface area (Å²) < 4.78 is 0. The van der Waals surface area contributed by atoms with Crippen LogP contribution in [0, 0.1) is 0 Å². The Morgan fingerprint density at radius 1 is 1.57 bits per heavy atom. The van der Waals surface area contributed by atoms with E-state index in [4.69, 9.17) is 5.11 Å². The lowest BCUT2D eigenvalue weighted by atomic mass is 10.2. The summed E-state index contributed by atoms with van der Waals surface area (Å²) in [7, 11) is 0. The maximum absolute atomic E-state index is 10.7. The van der Waals surface area contributed by atoms with Gasteiger partial charge in [0.05, 0.1) is 6.10 Å². The number of amides is 1. The van der Waals surface area contributed by atoms with E-state index in [2.05, 4.69) is 4.90 Å². The van der Waals surface area contributed by atoms with Crippen molar-refractivity contribution in [3.8, 4) is 0 Å². The van der Waals surface area contributed by atoms with Gasteiger partial charge in [0, 0.05) is 32.2 Å². The first-order chi connectivity index (χ1) is 6.50. The number of carbonyl (C=O) groups is 1. The zero-order valence-corrected chi connectivity index (χ0v) is 8.68. The zero-order chi connectivity index (χ0) is 10.7. The number of hydrogen-bond donors (Lipinski definition) is 2. The minimum absolute atomic E-state index is 0.189. The molecule has 1 rings (SSSR count). The van der Waals surface area contributed by atoms with Crippen LogP contribution in [0.25, 0.3) is 0 Å². The first-order valence-corrected chi connectivity index (χ1v) is 4.90. The molecule has 0 radical (unpaired) electrons. The molecule has 1 fully saturated rings. The predicted octanol–water partition coefficient (Wildman–Crippen LogP) is 0.0513. The summed E-state index contributed by atoms with van der Waals surface area (Å²) in [6.07, 6.45) is -1.21. The van der Waals surface area contributed by atoms with E-state index in [-0.39, 0.29) is 12.1 Å². The van der Waals surface area contributed by atoms with E-state index in [1.807, 2.05) is 6.92 Å². The van der Waals surface area contributed by atoms with Gasteiger partial charge in [-0.25, -0.2) is 4.79 Å². The minimum Gasteiger partial charge on any atom is -0.465 e. The molecule has 2 N–H and O–H groups in total. The van der Waals surface area contributed by atoms with Gasteiger partial charge in [-0.3, -0.25) is 4.90 Å². The van der Waals surface area contributed by atoms with Gasteiger partial charge in [-0.05, 0) is 13.8 Å². The predicted molar refractivity (Wildman–Crippen MR) is 52.3 cm³/mol. The van der Waals surface area contributed by atoms with Crippen molar-refractivity contribution >= 4 is 6.09 Å². The molecule has 14 heavy (non-hydrogen) atoms. The largest absolute Gasteiger partial charge is 0.465 e. The summed E-state index contributed by atoms with van der Waals surface area (Å²) in [5.74, 6) is 0. The lowest BCUT2D eigenvalue weighted by Gasteiger charge is -2.39. The van der Waals surface area contributed by atoms with Gasteiger partial charge >= 0.3 is 6.09 Å². The SMILES string of the molecule is CC(O)CN1CCN(C(=O)O)CC1C. The topological polar surface area (TPSA) is 64.0 Å². The van der Waals surface area contributed by atoms with Crippen LogP contribution in [0.3, 0.4) is 0 Å². The van der Waals surface area contributed by atoms with Crippen LogP contribution < -0.4 is 0 Å². The van der Waals surface area contributed by atoms with E-state index in [0.717, 1.165) is 0 Å². The summed E-state index contributed by atoms with van der Waals surface area (Å²) in [6, 6.07) is 0.189. The second-order valence-electron chi connectivity index (χ2n) is 3.92. The highest BCUT2D eigenvalue weighted by atomic mass is 16.4. The van der Waals surface area contributed by atoms with Crippen molar-refractivity contribution in [1.29, 1.82) is 0 Å². The molecule has 2 atom stereocenters. The number of hydrogen-bond acceptors (Lipinski definition) is 3. The highest BCUT2D eigenvalue weighted by molar-refractivity contribution is 5.65. The van der Waals surface area contributed by atoms with Crippen molar-refractivity contribution in [2.75, 3.05) is 26.2 Å². The summed E-state index contributed by atoms with van der Waals surface area (Å²) in [4.78, 5) is 14.2. The van der Waals surface area contributed by atoms with Crippen molar-refractivity contribution in [2.24, 2.45) is 0 Å². The second kappa shape index (κ2) is 4.61. The van der Waals surface area contributed by atoms with Crippen LogP contribution in [0.5, 0.6) is 0 Å². The fraction of sp³-hybridized carbons (Fsp3) is 0.889. The van der Waals surface area contributed by atoms with Gasteiger partial charge in [0.2, 0.25) is 0 Å². The van der Waals surface area contributed by atoms with Crippen LogP contribution >= 0.6 is 0 Å². The molecule has 1 aliphatic rings. The molecule has 5 heteroatoms. The molecular weight excluding hydrogens is 184 g/mol. The Balaban J connectivity index is 2.43. The molecule has 0 aromatic rings. The summed E-state index contributed by atoms with van der Waals surface area (Å²) >= 11 is 0. The molecule has 82 valence electrons. The number of piperazine rings is 1. The van der Waals surface area contributed by atoms with E-state index in [0.29, 0.717) is 26.2 Å². The minimum atomic E-state index is -0.853. The molecule has 1 aliphatic heterocycles. The molecule has 1 saturated heterocycles. The molecule has 0 spiro atoms. The van der Waals surface area contributed by atoms with Gasteiger partial charge in [0.15, 0.2) is 0 Å². The van der Waals surface area contributed by atoms with Crippen LogP contribution in [-0.2, 0) is 0 Å². The Morgan fingerprint density at radius 3 is 2.64 bits per heavy atom. The Bertz CT molecular complexity index is 208. The number of nitrogens with zero attached hydrogens (tertiary/aromatic N) is 2. The standard InChI is InChI=1S/C9H18N2O3/c1-7-5-11(9(13)14)4-3-10(7)6-8(2)12/h7-8,12H,3-6H2,1-2H3,(H,13,14). The maximum atomic E-state index is 10.7. The van der Waals surface area contributed by atoms with Crippen molar-refractivity contribution < 1.29 is 15.0 Å². The molecule has 1 amide bonds. The van der Waals surface area contributed by atoms with Gasteiger partial charge in [-0.2, -0.15) is 0 Å². The highest BCUT2D eigenvalue weighted by Crippen LogP contribution is 2.09. The normalized spacial score (nSPS) is 26.2.